The fourth-order valence-corrected chi connectivity index (χ4v) is 4.63. The maximum Gasteiger partial charge on any atom is 0.271 e. The van der Waals surface area contributed by atoms with Crippen LogP contribution in [0.5, 0.6) is 0 Å². The Hall–Kier alpha value is -3.94. The molecule has 0 atom stereocenters. The van der Waals surface area contributed by atoms with Crippen LogP contribution in [0.2, 0.25) is 0 Å². The number of anilines is 1. The number of hydrogen-bond donors (Lipinski definition) is 3. The molecular weight excluding hydrogens is 428 g/mol. The molecule has 0 bridgehead atoms. The van der Waals surface area contributed by atoms with Crippen molar-refractivity contribution in [1.29, 1.82) is 0 Å². The second-order valence-corrected chi connectivity index (χ2v) is 9.02. The summed E-state index contributed by atoms with van der Waals surface area (Å²) in [7, 11) is 0. The highest BCUT2D eigenvalue weighted by Crippen LogP contribution is 2.25. The van der Waals surface area contributed by atoms with E-state index in [1.807, 2.05) is 67.3 Å². The first-order chi connectivity index (χ1) is 16.5. The van der Waals surface area contributed by atoms with E-state index in [1.54, 1.807) is 0 Å². The van der Waals surface area contributed by atoms with Crippen molar-refractivity contribution in [3.63, 3.8) is 0 Å². The fourth-order valence-electron chi connectivity index (χ4n) is 4.63. The zero-order valence-electron chi connectivity index (χ0n) is 19.4. The molecule has 1 aliphatic heterocycles. The summed E-state index contributed by atoms with van der Waals surface area (Å²) in [4.78, 5) is 35.0. The third-order valence-corrected chi connectivity index (χ3v) is 6.49. The molecule has 0 aliphatic carbocycles. The van der Waals surface area contributed by atoms with Crippen LogP contribution in [-0.4, -0.2) is 50.0 Å². The number of carbonyl (C=O) groups excluding carboxylic acids is 2. The minimum atomic E-state index is -0.0432. The quantitative estimate of drug-likeness (QED) is 0.412. The van der Waals surface area contributed by atoms with Crippen LogP contribution in [0.3, 0.4) is 0 Å². The summed E-state index contributed by atoms with van der Waals surface area (Å²) in [6.07, 6.45) is 2.05. The largest absolute Gasteiger partial charge is 0.342 e. The van der Waals surface area contributed by atoms with Crippen molar-refractivity contribution in [3.05, 3.63) is 65.6 Å². The maximum absolute atomic E-state index is 13.0. The van der Waals surface area contributed by atoms with Gasteiger partial charge in [-0.3, -0.25) is 14.7 Å². The highest BCUT2D eigenvalue weighted by molar-refractivity contribution is 5.94. The fraction of sp³-hybridized carbons (Fsp3) is 0.308. The number of piperidine rings is 1. The molecule has 0 unspecified atom stereocenters. The van der Waals surface area contributed by atoms with Gasteiger partial charge in [0.15, 0.2) is 0 Å². The molecule has 0 radical (unpaired) electrons. The van der Waals surface area contributed by atoms with E-state index >= 15 is 0 Å². The second kappa shape index (κ2) is 9.13. The zero-order valence-corrected chi connectivity index (χ0v) is 19.4. The predicted octanol–water partition coefficient (Wildman–Crippen LogP) is 4.45. The number of aromatic nitrogens is 4. The number of rotatable bonds is 5. The van der Waals surface area contributed by atoms with Crippen LogP contribution in [0.15, 0.2) is 48.5 Å². The van der Waals surface area contributed by atoms with Crippen LogP contribution in [0, 0.1) is 19.8 Å². The summed E-state index contributed by atoms with van der Waals surface area (Å²) in [6, 6.07) is 15.5. The number of likely N-dealkylation sites (tertiary alicyclic amines) is 1. The molecule has 2 aromatic carbocycles. The molecule has 2 amide bonds. The predicted molar refractivity (Wildman–Crippen MR) is 131 cm³/mol. The summed E-state index contributed by atoms with van der Waals surface area (Å²) in [6.45, 7) is 5.21. The van der Waals surface area contributed by atoms with E-state index in [-0.39, 0.29) is 17.7 Å². The molecule has 34 heavy (non-hydrogen) atoms. The Labute approximate surface area is 197 Å². The van der Waals surface area contributed by atoms with E-state index in [0.29, 0.717) is 25.2 Å². The van der Waals surface area contributed by atoms with Crippen LogP contribution in [0.25, 0.3) is 22.3 Å². The Balaban J connectivity index is 1.14. The molecule has 3 N–H and O–H groups in total. The van der Waals surface area contributed by atoms with E-state index in [9.17, 15) is 9.59 Å². The lowest BCUT2D eigenvalue weighted by Gasteiger charge is -2.31. The molecular formula is C26H28N6O2. The van der Waals surface area contributed by atoms with Gasteiger partial charge in [0.1, 0.15) is 11.5 Å². The van der Waals surface area contributed by atoms with Crippen LogP contribution >= 0.6 is 0 Å². The molecule has 1 saturated heterocycles. The first-order valence-electron chi connectivity index (χ1n) is 11.6. The number of amides is 2. The van der Waals surface area contributed by atoms with Crippen molar-refractivity contribution in [2.45, 2.75) is 33.1 Å². The number of aryl methyl sites for hydroxylation is 2. The summed E-state index contributed by atoms with van der Waals surface area (Å²) in [5.41, 5.74) is 5.96. The molecule has 0 spiro atoms. The normalized spacial score (nSPS) is 14.5. The highest BCUT2D eigenvalue weighted by Gasteiger charge is 2.26. The average Bonchev–Trinajstić information content (AvgIpc) is 3.45. The Morgan fingerprint density at radius 3 is 2.68 bits per heavy atom. The number of nitrogens with one attached hydrogen (secondary N) is 3. The molecule has 1 fully saturated rings. The number of nitrogens with zero attached hydrogens (tertiary/aromatic N) is 3. The van der Waals surface area contributed by atoms with E-state index < -0.39 is 0 Å². The van der Waals surface area contributed by atoms with Gasteiger partial charge in [-0.2, -0.15) is 5.10 Å². The van der Waals surface area contributed by atoms with Crippen molar-refractivity contribution < 1.29 is 9.59 Å². The van der Waals surface area contributed by atoms with Crippen LogP contribution < -0.4 is 5.32 Å². The van der Waals surface area contributed by atoms with Gasteiger partial charge in [-0.15, -0.1) is 0 Å². The highest BCUT2D eigenvalue weighted by atomic mass is 16.2. The third kappa shape index (κ3) is 4.57. The van der Waals surface area contributed by atoms with Gasteiger partial charge in [-0.25, -0.2) is 4.98 Å². The Kier molecular flexibility index (Phi) is 5.88. The zero-order chi connectivity index (χ0) is 23.7. The van der Waals surface area contributed by atoms with Crippen LogP contribution in [0.1, 0.15) is 41.1 Å². The monoisotopic (exact) mass is 456 g/mol. The minimum Gasteiger partial charge on any atom is -0.342 e. The van der Waals surface area contributed by atoms with Crippen molar-refractivity contribution in [2.24, 2.45) is 5.92 Å². The Morgan fingerprint density at radius 1 is 1.09 bits per heavy atom. The summed E-state index contributed by atoms with van der Waals surface area (Å²) in [5, 5.41) is 10.2. The van der Waals surface area contributed by atoms with Crippen molar-refractivity contribution in [3.8, 4) is 11.3 Å². The number of fused-ring (bicyclic) bond motifs is 1. The van der Waals surface area contributed by atoms with Crippen molar-refractivity contribution in [2.75, 3.05) is 18.4 Å². The number of imidazole rings is 1. The van der Waals surface area contributed by atoms with Gasteiger partial charge >= 0.3 is 0 Å². The molecule has 174 valence electrons. The van der Waals surface area contributed by atoms with Gasteiger partial charge in [-0.1, -0.05) is 24.3 Å². The number of aromatic amines is 2. The lowest BCUT2D eigenvalue weighted by Crippen LogP contribution is -2.39. The molecule has 3 heterocycles. The SMILES string of the molecule is Cc1nc2ccc(NC(=O)CC3CCN(C(=O)c4cc(-c5ccccc5C)n[nH]4)CC3)cc2[nH]1. The summed E-state index contributed by atoms with van der Waals surface area (Å²) in [5.74, 6) is 1.06. The smallest absolute Gasteiger partial charge is 0.271 e. The molecule has 0 saturated carbocycles. The first-order valence-corrected chi connectivity index (χ1v) is 11.6. The van der Waals surface area contributed by atoms with Gasteiger partial charge in [0.25, 0.3) is 5.91 Å². The maximum atomic E-state index is 13.0. The van der Waals surface area contributed by atoms with Gasteiger partial charge in [-0.05, 0) is 62.4 Å². The van der Waals surface area contributed by atoms with Gasteiger partial charge < -0.3 is 15.2 Å². The summed E-state index contributed by atoms with van der Waals surface area (Å²) < 4.78 is 0. The van der Waals surface area contributed by atoms with Gasteiger partial charge in [0.05, 0.1) is 16.7 Å². The first kappa shape index (κ1) is 21.9. The summed E-state index contributed by atoms with van der Waals surface area (Å²) >= 11 is 0. The number of H-pyrrole nitrogens is 2. The molecule has 8 heteroatoms. The van der Waals surface area contributed by atoms with Crippen LogP contribution in [0.4, 0.5) is 5.69 Å². The lowest BCUT2D eigenvalue weighted by atomic mass is 9.93. The van der Waals surface area contributed by atoms with E-state index in [0.717, 1.165) is 52.2 Å². The van der Waals surface area contributed by atoms with Crippen molar-refractivity contribution >= 4 is 28.5 Å². The molecule has 1 aliphatic rings. The number of hydrogen-bond acceptors (Lipinski definition) is 4. The van der Waals surface area contributed by atoms with Gasteiger partial charge in [0.2, 0.25) is 5.91 Å². The molecule has 8 nitrogen and oxygen atoms in total. The lowest BCUT2D eigenvalue weighted by molar-refractivity contribution is -0.117. The van der Waals surface area contributed by atoms with Crippen molar-refractivity contribution in [1.82, 2.24) is 25.1 Å². The molecule has 5 rings (SSSR count). The van der Waals surface area contributed by atoms with Crippen LogP contribution in [-0.2, 0) is 4.79 Å². The standard InChI is InChI=1S/C26H28N6O2/c1-16-5-3-4-6-20(16)22-15-24(31-30-22)26(34)32-11-9-18(10-12-32)13-25(33)29-19-7-8-21-23(14-19)28-17(2)27-21/h3-8,14-15,18H,9-13H2,1-2H3,(H,27,28)(H,29,33)(H,30,31). The molecule has 4 aromatic rings. The number of carbonyl (C=O) groups is 2. The topological polar surface area (TPSA) is 107 Å². The minimum absolute atomic E-state index is 0.00296. The Bertz CT molecular complexity index is 1350. The second-order valence-electron chi connectivity index (χ2n) is 9.02. The van der Waals surface area contributed by atoms with E-state index in [2.05, 4.69) is 25.5 Å². The molecule has 2 aromatic heterocycles. The number of benzene rings is 2. The van der Waals surface area contributed by atoms with E-state index in [4.69, 9.17) is 0 Å². The van der Waals surface area contributed by atoms with E-state index in [1.165, 1.54) is 0 Å². The third-order valence-electron chi connectivity index (χ3n) is 6.49. The van der Waals surface area contributed by atoms with Gasteiger partial charge in [0, 0.05) is 30.8 Å². The Morgan fingerprint density at radius 2 is 1.88 bits per heavy atom. The average molecular weight is 457 g/mol.